The number of rotatable bonds is 3. The van der Waals surface area contributed by atoms with Crippen molar-refractivity contribution in [2.45, 2.75) is 117 Å². The molecule has 2 saturated heterocycles. The standard InChI is InChI=1S/C51H62N4O13/c1-23-12-11-13-24(2)50(63)53-41-45(61)37-36(40-48(41)67-35-21-32(20-33(57)39(35)52-40)55-18-16-30-14-15-31(22-55)54(30)9)38-47(28(6)44(37)60)68-51(8,49(38)62)65-19-17-34(64-10)25(3)46(66-29(7)56)27(5)43(59)26(4)42(23)58/h11-13,17,19-21,23,25-27,30-31,34,42-43,46,58-60,62H,14-16,18,22H2,1-10H3,(H,53,63)/b12-11+,19-17+,24-13-/t23-,25+,26+,27+,30+,31-,34-,42-,43+,46+,51-/m0/s1. The molecule has 5 heterocycles. The third kappa shape index (κ3) is 8.36. The van der Waals surface area contributed by atoms with Crippen LogP contribution < -0.4 is 31.0 Å². The fourth-order valence-corrected chi connectivity index (χ4v) is 10.6. The van der Waals surface area contributed by atoms with Crippen LogP contribution in [0.25, 0.3) is 38.7 Å². The fraction of sp³-hybridized carbons (Fsp3) is 0.510. The Morgan fingerprint density at radius 3 is 2.37 bits per heavy atom. The molecular formula is C51H62N4O13. The van der Waals surface area contributed by atoms with Crippen LogP contribution in [0.4, 0.5) is 11.4 Å². The Hall–Kier alpha value is -6.01. The molecule has 0 spiro atoms. The van der Waals surface area contributed by atoms with Crippen LogP contribution >= 0.6 is 0 Å². The highest BCUT2D eigenvalue weighted by atomic mass is 16.7. The molecule has 3 aromatic carbocycles. The normalized spacial score (nSPS) is 32.4. The Balaban J connectivity index is 1.35. The first-order valence-corrected chi connectivity index (χ1v) is 23.3. The van der Waals surface area contributed by atoms with Crippen LogP contribution in [0.15, 0.2) is 62.3 Å². The zero-order valence-electron chi connectivity index (χ0n) is 40.2. The van der Waals surface area contributed by atoms with Crippen molar-refractivity contribution in [3.63, 3.8) is 0 Å². The molecule has 4 aliphatic rings. The number of aromatic nitrogens is 1. The van der Waals surface area contributed by atoms with Crippen molar-refractivity contribution in [2.24, 2.45) is 23.7 Å². The summed E-state index contributed by atoms with van der Waals surface area (Å²) in [4.78, 5) is 65.0. The number of hydrogen-bond acceptors (Lipinski definition) is 16. The van der Waals surface area contributed by atoms with Crippen LogP contribution in [0.5, 0.6) is 11.5 Å². The molecule has 4 aliphatic heterocycles. The lowest BCUT2D eigenvalue weighted by molar-refractivity contribution is -0.160. The number of aliphatic hydroxyl groups is 3. The number of aromatic hydroxyl groups is 1. The number of allylic oxidation sites excluding steroid dienone is 2. The monoisotopic (exact) mass is 938 g/mol. The number of nitrogens with zero attached hydrogens (tertiary/aromatic N) is 3. The first-order chi connectivity index (χ1) is 32.2. The molecule has 17 heteroatoms. The van der Waals surface area contributed by atoms with Gasteiger partial charge in [0.1, 0.15) is 28.8 Å². The third-order valence-corrected chi connectivity index (χ3v) is 14.9. The molecule has 0 radical (unpaired) electrons. The van der Waals surface area contributed by atoms with E-state index in [1.165, 1.54) is 59.3 Å². The van der Waals surface area contributed by atoms with Gasteiger partial charge in [0, 0.05) is 104 Å². The number of phenols is 1. The van der Waals surface area contributed by atoms with Gasteiger partial charge in [-0.3, -0.25) is 24.1 Å². The highest BCUT2D eigenvalue weighted by Gasteiger charge is 2.44. The van der Waals surface area contributed by atoms with Crippen LogP contribution in [0.2, 0.25) is 0 Å². The van der Waals surface area contributed by atoms with E-state index in [2.05, 4.69) is 22.2 Å². The molecule has 2 fully saturated rings. The highest BCUT2D eigenvalue weighted by molar-refractivity contribution is 6.16. The molecular weight excluding hydrogens is 877 g/mol. The topological polar surface area (TPSA) is 231 Å². The highest BCUT2D eigenvalue weighted by Crippen LogP contribution is 2.43. The number of carbonyl (C=O) groups excluding carboxylic acids is 2. The van der Waals surface area contributed by atoms with E-state index in [1.54, 1.807) is 45.9 Å². The van der Waals surface area contributed by atoms with Gasteiger partial charge in [-0.05, 0) is 46.2 Å². The molecule has 6 bridgehead atoms. The van der Waals surface area contributed by atoms with E-state index in [-0.39, 0.29) is 60.8 Å². The molecule has 364 valence electrons. The van der Waals surface area contributed by atoms with Crippen molar-refractivity contribution < 1.29 is 53.4 Å². The maximum Gasteiger partial charge on any atom is 0.307 e. The molecule has 1 amide bonds. The molecule has 0 unspecified atom stereocenters. The minimum atomic E-state index is -1.98. The number of fused-ring (bicyclic) bond motifs is 4. The first kappa shape index (κ1) is 48.4. The van der Waals surface area contributed by atoms with E-state index >= 15 is 0 Å². The molecule has 5 N–H and O–H groups in total. The summed E-state index contributed by atoms with van der Waals surface area (Å²) < 4.78 is 30.6. The van der Waals surface area contributed by atoms with Crippen molar-refractivity contribution in [1.82, 2.24) is 9.88 Å². The van der Waals surface area contributed by atoms with Crippen molar-refractivity contribution in [2.75, 3.05) is 37.5 Å². The average Bonchev–Trinajstić information content (AvgIpc) is 3.72. The van der Waals surface area contributed by atoms with Gasteiger partial charge in [0.2, 0.25) is 10.9 Å². The number of carbonyl (C=O) groups is 2. The van der Waals surface area contributed by atoms with Gasteiger partial charge in [0.15, 0.2) is 22.4 Å². The van der Waals surface area contributed by atoms with Gasteiger partial charge in [-0.15, -0.1) is 0 Å². The summed E-state index contributed by atoms with van der Waals surface area (Å²) in [6, 6.07) is 3.97. The molecule has 0 aliphatic carbocycles. The number of esters is 1. The number of benzene rings is 3. The number of amides is 1. The van der Waals surface area contributed by atoms with Crippen LogP contribution in [0.3, 0.4) is 0 Å². The number of phenolic OH excluding ortho intramolecular Hbond substituents is 1. The molecule has 4 aromatic rings. The van der Waals surface area contributed by atoms with Crippen molar-refractivity contribution in [1.29, 1.82) is 0 Å². The lowest BCUT2D eigenvalue weighted by Crippen LogP contribution is -2.46. The van der Waals surface area contributed by atoms with Gasteiger partial charge in [-0.2, -0.15) is 0 Å². The quantitative estimate of drug-likeness (QED) is 0.101. The summed E-state index contributed by atoms with van der Waals surface area (Å²) in [6.45, 7) is 14.0. The summed E-state index contributed by atoms with van der Waals surface area (Å²) in [7, 11) is 3.58. The number of anilines is 2. The molecule has 0 saturated carbocycles. The predicted octanol–water partition coefficient (Wildman–Crippen LogP) is 5.23. The zero-order valence-corrected chi connectivity index (χ0v) is 40.2. The lowest BCUT2D eigenvalue weighted by atomic mass is 9.78. The van der Waals surface area contributed by atoms with Gasteiger partial charge in [0.05, 0.1) is 35.2 Å². The summed E-state index contributed by atoms with van der Waals surface area (Å²) in [5, 5.41) is 49.4. The summed E-state index contributed by atoms with van der Waals surface area (Å²) in [6.07, 6.45) is 6.66. The smallest absolute Gasteiger partial charge is 0.307 e. The average molecular weight is 939 g/mol. The maximum atomic E-state index is 14.9. The van der Waals surface area contributed by atoms with Crippen molar-refractivity contribution in [3.05, 3.63) is 79.5 Å². The van der Waals surface area contributed by atoms with Gasteiger partial charge in [-0.1, -0.05) is 45.9 Å². The molecule has 1 aromatic heterocycles. The van der Waals surface area contributed by atoms with E-state index in [9.17, 15) is 39.6 Å². The third-order valence-electron chi connectivity index (χ3n) is 14.9. The zero-order chi connectivity index (χ0) is 49.3. The van der Waals surface area contributed by atoms with E-state index in [0.29, 0.717) is 30.9 Å². The van der Waals surface area contributed by atoms with E-state index in [1.807, 2.05) is 0 Å². The van der Waals surface area contributed by atoms with Crippen LogP contribution in [0.1, 0.15) is 73.3 Å². The number of aliphatic hydroxyl groups excluding tert-OH is 3. The van der Waals surface area contributed by atoms with Crippen molar-refractivity contribution >= 4 is 62.0 Å². The van der Waals surface area contributed by atoms with Gasteiger partial charge in [0.25, 0.3) is 5.91 Å². The Morgan fingerprint density at radius 2 is 1.66 bits per heavy atom. The Kier molecular flexibility index (Phi) is 13.2. The minimum absolute atomic E-state index is 0.0445. The number of nitrogens with one attached hydrogen (secondary N) is 1. The van der Waals surface area contributed by atoms with Crippen LogP contribution in [-0.2, 0) is 23.8 Å². The van der Waals surface area contributed by atoms with Crippen molar-refractivity contribution in [3.8, 4) is 11.5 Å². The summed E-state index contributed by atoms with van der Waals surface area (Å²) in [5.74, 6) is -6.90. The largest absolute Gasteiger partial charge is 0.507 e. The van der Waals surface area contributed by atoms with Crippen LogP contribution in [-0.4, -0.2) is 112 Å². The summed E-state index contributed by atoms with van der Waals surface area (Å²) in [5.41, 5.74) is -1.26. The maximum absolute atomic E-state index is 14.9. The molecule has 8 rings (SSSR count). The van der Waals surface area contributed by atoms with E-state index < -0.39 is 88.1 Å². The second-order valence-electron chi connectivity index (χ2n) is 19.3. The predicted molar refractivity (Wildman–Crippen MR) is 256 cm³/mol. The minimum Gasteiger partial charge on any atom is -0.507 e. The number of likely N-dealkylation sites (N-methyl/N-ethyl adjacent to an activating group) is 1. The number of hydrogen-bond donors (Lipinski definition) is 5. The Morgan fingerprint density at radius 1 is 0.941 bits per heavy atom. The second kappa shape index (κ2) is 18.5. The van der Waals surface area contributed by atoms with Crippen LogP contribution in [0, 0.1) is 30.6 Å². The van der Waals surface area contributed by atoms with Gasteiger partial charge >= 0.3 is 11.8 Å². The van der Waals surface area contributed by atoms with Gasteiger partial charge in [-0.25, -0.2) is 4.98 Å². The fourth-order valence-electron chi connectivity index (χ4n) is 10.6. The number of methoxy groups -OCH3 is 1. The molecule has 11 atom stereocenters. The first-order valence-electron chi connectivity index (χ1n) is 23.3. The SMILES string of the molecule is CO[C@H]1/C=C/O[C@@]2(C)Oc3c(C)c(O)c4c(=O)c(c5oc6cc(N7CC[C@H]8CC[C@@H](C7)N8C)cc(=O)c6nc5c4c3=C2O)NC(=O)/C(C)=C\C=C\[C@H](C)[C@H](O)[C@@H](C)[C@@H](O)[C@@H](C)[C@H](OC(C)=O)[C@@H]1C. The van der Waals surface area contributed by atoms with E-state index in [0.717, 1.165) is 19.3 Å². The molecule has 17 nitrogen and oxygen atoms in total. The Labute approximate surface area is 393 Å². The molecule has 68 heavy (non-hydrogen) atoms. The second-order valence-corrected chi connectivity index (χ2v) is 19.3. The Bertz CT molecular complexity index is 2970. The van der Waals surface area contributed by atoms with Gasteiger partial charge < -0.3 is 54.0 Å². The van der Waals surface area contributed by atoms with E-state index in [4.69, 9.17) is 28.3 Å². The lowest BCUT2D eigenvalue weighted by Gasteiger charge is -2.38. The number of ether oxygens (including phenoxy) is 4. The summed E-state index contributed by atoms with van der Waals surface area (Å²) >= 11 is 0.